The lowest BCUT2D eigenvalue weighted by atomic mass is 10.4. The molecule has 0 unspecified atom stereocenters. The topological polar surface area (TPSA) is 53.6 Å². The summed E-state index contributed by atoms with van der Waals surface area (Å²) in [5.74, 6) is 0.500. The second kappa shape index (κ2) is 6.17. The van der Waals surface area contributed by atoms with Crippen LogP contribution in [0.3, 0.4) is 0 Å². The van der Waals surface area contributed by atoms with Gasteiger partial charge >= 0.3 is 0 Å². The summed E-state index contributed by atoms with van der Waals surface area (Å²) in [6.45, 7) is 5.07. The van der Waals surface area contributed by atoms with Gasteiger partial charge in [0.2, 0.25) is 5.82 Å². The van der Waals surface area contributed by atoms with Gasteiger partial charge < -0.3 is 9.88 Å². The van der Waals surface area contributed by atoms with Crippen LogP contribution in [0.2, 0.25) is 0 Å². The van der Waals surface area contributed by atoms with E-state index < -0.39 is 0 Å². The first-order chi connectivity index (χ1) is 6.88. The minimum atomic E-state index is 0.500. The van der Waals surface area contributed by atoms with E-state index in [1.165, 1.54) is 0 Å². The van der Waals surface area contributed by atoms with Gasteiger partial charge in [-0.05, 0) is 25.9 Å². The Labute approximate surface area is 84.6 Å². The van der Waals surface area contributed by atoms with Crippen molar-refractivity contribution in [2.45, 2.75) is 26.3 Å². The largest absolute Gasteiger partial charge is 0.323 e. The molecule has 0 amide bonds. The molecule has 0 aromatic carbocycles. The van der Waals surface area contributed by atoms with Crippen molar-refractivity contribution in [2.24, 2.45) is 0 Å². The Kier molecular flexibility index (Phi) is 4.73. The van der Waals surface area contributed by atoms with Crippen LogP contribution in [0.15, 0.2) is 12.4 Å². The SMILES string of the molecule is CCCNCCCn1ccnc1C#N. The zero-order valence-electron chi connectivity index (χ0n) is 8.53. The third kappa shape index (κ3) is 3.19. The molecule has 76 valence electrons. The first-order valence-electron chi connectivity index (χ1n) is 5.00. The van der Waals surface area contributed by atoms with Gasteiger partial charge in [-0.2, -0.15) is 5.26 Å². The van der Waals surface area contributed by atoms with Gasteiger partial charge in [-0.25, -0.2) is 4.98 Å². The van der Waals surface area contributed by atoms with Crippen LogP contribution < -0.4 is 5.32 Å². The minimum Gasteiger partial charge on any atom is -0.323 e. The molecule has 4 nitrogen and oxygen atoms in total. The zero-order chi connectivity index (χ0) is 10.2. The molecular formula is C10H16N4. The van der Waals surface area contributed by atoms with E-state index in [0.717, 1.165) is 32.5 Å². The minimum absolute atomic E-state index is 0.500. The lowest BCUT2D eigenvalue weighted by Crippen LogP contribution is -2.17. The third-order valence-corrected chi connectivity index (χ3v) is 1.99. The van der Waals surface area contributed by atoms with Crippen molar-refractivity contribution in [3.8, 4) is 6.07 Å². The molecule has 0 spiro atoms. The molecule has 1 N–H and O–H groups in total. The lowest BCUT2D eigenvalue weighted by Gasteiger charge is -2.04. The van der Waals surface area contributed by atoms with E-state index in [1.807, 2.05) is 10.8 Å². The lowest BCUT2D eigenvalue weighted by molar-refractivity contribution is 0.575. The maximum Gasteiger partial charge on any atom is 0.212 e. The fourth-order valence-electron chi connectivity index (χ4n) is 1.28. The predicted molar refractivity (Wildman–Crippen MR) is 54.7 cm³/mol. The first kappa shape index (κ1) is 10.7. The summed E-state index contributed by atoms with van der Waals surface area (Å²) in [4.78, 5) is 3.93. The molecular weight excluding hydrogens is 176 g/mol. The Hall–Kier alpha value is -1.34. The molecule has 0 aliphatic rings. The summed E-state index contributed by atoms with van der Waals surface area (Å²) in [5.41, 5.74) is 0. The van der Waals surface area contributed by atoms with Crippen LogP contribution in [0.5, 0.6) is 0 Å². The number of nitriles is 1. The molecule has 0 radical (unpaired) electrons. The number of hydrogen-bond acceptors (Lipinski definition) is 3. The van der Waals surface area contributed by atoms with Crippen LogP contribution in [0.1, 0.15) is 25.6 Å². The maximum absolute atomic E-state index is 8.70. The zero-order valence-corrected chi connectivity index (χ0v) is 8.53. The fourth-order valence-corrected chi connectivity index (χ4v) is 1.28. The van der Waals surface area contributed by atoms with Gasteiger partial charge in [0, 0.05) is 18.9 Å². The van der Waals surface area contributed by atoms with E-state index in [2.05, 4.69) is 23.3 Å². The number of rotatable bonds is 6. The van der Waals surface area contributed by atoms with Crippen molar-refractivity contribution in [3.05, 3.63) is 18.2 Å². The van der Waals surface area contributed by atoms with Crippen molar-refractivity contribution in [1.29, 1.82) is 5.26 Å². The van der Waals surface area contributed by atoms with Crippen molar-refractivity contribution in [3.63, 3.8) is 0 Å². The first-order valence-corrected chi connectivity index (χ1v) is 5.00. The highest BCUT2D eigenvalue weighted by molar-refractivity contribution is 5.10. The molecule has 1 rings (SSSR count). The van der Waals surface area contributed by atoms with Gasteiger partial charge in [0.05, 0.1) is 0 Å². The highest BCUT2D eigenvalue weighted by Gasteiger charge is 1.99. The third-order valence-electron chi connectivity index (χ3n) is 1.99. The molecule has 14 heavy (non-hydrogen) atoms. The number of aromatic nitrogens is 2. The summed E-state index contributed by atoms with van der Waals surface area (Å²) in [5, 5.41) is 12.0. The van der Waals surface area contributed by atoms with Crippen LogP contribution >= 0.6 is 0 Å². The Morgan fingerprint density at radius 2 is 2.43 bits per heavy atom. The Morgan fingerprint density at radius 3 is 3.14 bits per heavy atom. The second-order valence-corrected chi connectivity index (χ2v) is 3.16. The standard InChI is InChI=1S/C10H16N4/c1-2-4-12-5-3-7-14-8-6-13-10(14)9-11/h6,8,12H,2-5,7H2,1H3. The number of imidazole rings is 1. The fraction of sp³-hybridized carbons (Fsp3) is 0.600. The second-order valence-electron chi connectivity index (χ2n) is 3.16. The molecule has 0 atom stereocenters. The smallest absolute Gasteiger partial charge is 0.212 e. The van der Waals surface area contributed by atoms with Crippen LogP contribution in [0, 0.1) is 11.3 Å². The molecule has 1 heterocycles. The summed E-state index contributed by atoms with van der Waals surface area (Å²) in [6.07, 6.45) is 5.70. The van der Waals surface area contributed by atoms with Crippen LogP contribution in [-0.4, -0.2) is 22.6 Å². The van der Waals surface area contributed by atoms with E-state index in [1.54, 1.807) is 6.20 Å². The van der Waals surface area contributed by atoms with Crippen molar-refractivity contribution in [2.75, 3.05) is 13.1 Å². The average Bonchev–Trinajstić information content (AvgIpc) is 2.65. The van der Waals surface area contributed by atoms with Gasteiger partial charge in [0.1, 0.15) is 6.07 Å². The molecule has 4 heteroatoms. The van der Waals surface area contributed by atoms with Gasteiger partial charge in [0.15, 0.2) is 0 Å². The highest BCUT2D eigenvalue weighted by Crippen LogP contribution is 1.96. The van der Waals surface area contributed by atoms with Crippen LogP contribution in [0.4, 0.5) is 0 Å². The van der Waals surface area contributed by atoms with E-state index in [-0.39, 0.29) is 0 Å². The predicted octanol–water partition coefficient (Wildman–Crippen LogP) is 1.14. The van der Waals surface area contributed by atoms with Crippen molar-refractivity contribution >= 4 is 0 Å². The average molecular weight is 192 g/mol. The summed E-state index contributed by atoms with van der Waals surface area (Å²) in [7, 11) is 0. The summed E-state index contributed by atoms with van der Waals surface area (Å²) < 4.78 is 1.88. The quantitative estimate of drug-likeness (QED) is 0.688. The summed E-state index contributed by atoms with van der Waals surface area (Å²) in [6, 6.07) is 2.06. The molecule has 1 aromatic rings. The number of nitrogens with one attached hydrogen (secondary N) is 1. The molecule has 0 aliphatic carbocycles. The number of nitrogens with zero attached hydrogens (tertiary/aromatic N) is 3. The van der Waals surface area contributed by atoms with E-state index in [0.29, 0.717) is 5.82 Å². The molecule has 0 aliphatic heterocycles. The summed E-state index contributed by atoms with van der Waals surface area (Å²) >= 11 is 0. The van der Waals surface area contributed by atoms with Crippen molar-refractivity contribution < 1.29 is 0 Å². The number of aryl methyl sites for hydroxylation is 1. The molecule has 0 fully saturated rings. The molecule has 0 saturated heterocycles. The van der Waals surface area contributed by atoms with Crippen molar-refractivity contribution in [1.82, 2.24) is 14.9 Å². The normalized spacial score (nSPS) is 10.0. The van der Waals surface area contributed by atoms with E-state index in [4.69, 9.17) is 5.26 Å². The molecule has 0 saturated carbocycles. The van der Waals surface area contributed by atoms with Crippen LogP contribution in [0.25, 0.3) is 0 Å². The van der Waals surface area contributed by atoms with Crippen LogP contribution in [-0.2, 0) is 6.54 Å². The Bertz CT molecular complexity index is 297. The van der Waals surface area contributed by atoms with E-state index >= 15 is 0 Å². The van der Waals surface area contributed by atoms with E-state index in [9.17, 15) is 0 Å². The Morgan fingerprint density at radius 1 is 1.57 bits per heavy atom. The Balaban J connectivity index is 2.22. The molecule has 0 bridgehead atoms. The number of hydrogen-bond donors (Lipinski definition) is 1. The van der Waals surface area contributed by atoms with Gasteiger partial charge in [-0.15, -0.1) is 0 Å². The monoisotopic (exact) mass is 192 g/mol. The van der Waals surface area contributed by atoms with Gasteiger partial charge in [-0.3, -0.25) is 0 Å². The highest BCUT2D eigenvalue weighted by atomic mass is 15.1. The van der Waals surface area contributed by atoms with Gasteiger partial charge in [-0.1, -0.05) is 6.92 Å². The van der Waals surface area contributed by atoms with Gasteiger partial charge in [0.25, 0.3) is 0 Å². The molecule has 1 aromatic heterocycles. The maximum atomic E-state index is 8.70.